The summed E-state index contributed by atoms with van der Waals surface area (Å²) in [5.41, 5.74) is 0.444. The van der Waals surface area contributed by atoms with E-state index >= 15 is 0 Å². The van der Waals surface area contributed by atoms with Gasteiger partial charge in [-0.15, -0.1) is 0 Å². The van der Waals surface area contributed by atoms with Crippen LogP contribution in [0.5, 0.6) is 5.75 Å². The molecule has 0 bridgehead atoms. The Labute approximate surface area is 124 Å². The number of hydrogen-bond donors (Lipinski definition) is 0. The monoisotopic (exact) mass is 370 g/mol. The van der Waals surface area contributed by atoms with E-state index in [2.05, 4.69) is 22.6 Å². The van der Waals surface area contributed by atoms with Gasteiger partial charge in [-0.2, -0.15) is 0 Å². The molecule has 0 radical (unpaired) electrons. The van der Waals surface area contributed by atoms with E-state index in [4.69, 9.17) is 4.74 Å². The number of hydrogen-bond acceptors (Lipinski definition) is 2. The Morgan fingerprint density at radius 2 is 1.68 bits per heavy atom. The predicted octanol–water partition coefficient (Wildman–Crippen LogP) is 4.08. The first-order chi connectivity index (χ1) is 9.06. The molecule has 0 fully saturated rings. The minimum absolute atomic E-state index is 0.168. The molecule has 98 valence electrons. The average molecular weight is 370 g/mol. The summed E-state index contributed by atoms with van der Waals surface area (Å²) < 4.78 is 19.5. The van der Waals surface area contributed by atoms with Gasteiger partial charge in [0.2, 0.25) is 5.78 Å². The summed E-state index contributed by atoms with van der Waals surface area (Å²) in [5, 5.41) is 0. The average Bonchev–Trinajstić information content (AvgIpc) is 2.41. The summed E-state index contributed by atoms with van der Waals surface area (Å²) in [4.78, 5) is 12.1. The SMILES string of the molecule is CC(Oc1ccc(I)cc1)C(=O)c1ccc(F)cc1. The van der Waals surface area contributed by atoms with E-state index in [0.717, 1.165) is 3.57 Å². The Hall–Kier alpha value is -1.43. The topological polar surface area (TPSA) is 26.3 Å². The first kappa shape index (κ1) is 14.0. The fraction of sp³-hybridized carbons (Fsp3) is 0.133. The summed E-state index contributed by atoms with van der Waals surface area (Å²) in [5.74, 6) is 0.115. The smallest absolute Gasteiger partial charge is 0.202 e. The van der Waals surface area contributed by atoms with Gasteiger partial charge in [0.1, 0.15) is 11.6 Å². The van der Waals surface area contributed by atoms with E-state index in [1.807, 2.05) is 24.3 Å². The van der Waals surface area contributed by atoms with Gasteiger partial charge in [0.15, 0.2) is 6.10 Å². The zero-order chi connectivity index (χ0) is 13.8. The number of ketones is 1. The lowest BCUT2D eigenvalue weighted by Gasteiger charge is -2.13. The van der Waals surface area contributed by atoms with Crippen molar-refractivity contribution >= 4 is 28.4 Å². The van der Waals surface area contributed by atoms with Crippen LogP contribution in [-0.2, 0) is 0 Å². The van der Waals surface area contributed by atoms with Crippen LogP contribution in [0.3, 0.4) is 0 Å². The Bertz CT molecular complexity index is 564. The van der Waals surface area contributed by atoms with Crippen molar-refractivity contribution in [1.82, 2.24) is 0 Å². The quantitative estimate of drug-likeness (QED) is 0.599. The Balaban J connectivity index is 2.07. The summed E-state index contributed by atoms with van der Waals surface area (Å²) in [7, 11) is 0. The molecular weight excluding hydrogens is 358 g/mol. The normalized spacial score (nSPS) is 11.9. The van der Waals surface area contributed by atoms with Gasteiger partial charge in [-0.25, -0.2) is 4.39 Å². The van der Waals surface area contributed by atoms with Crippen molar-refractivity contribution in [3.63, 3.8) is 0 Å². The molecule has 2 rings (SSSR count). The molecule has 0 spiro atoms. The Morgan fingerprint density at radius 1 is 1.11 bits per heavy atom. The third kappa shape index (κ3) is 3.76. The summed E-state index contributed by atoms with van der Waals surface area (Å²) in [6.45, 7) is 1.68. The highest BCUT2D eigenvalue weighted by Gasteiger charge is 2.16. The largest absolute Gasteiger partial charge is 0.483 e. The summed E-state index contributed by atoms with van der Waals surface area (Å²) in [6.07, 6.45) is -0.606. The molecule has 2 nitrogen and oxygen atoms in total. The molecule has 0 heterocycles. The Morgan fingerprint density at radius 3 is 2.26 bits per heavy atom. The molecule has 19 heavy (non-hydrogen) atoms. The number of ether oxygens (including phenoxy) is 1. The van der Waals surface area contributed by atoms with Crippen molar-refractivity contribution < 1.29 is 13.9 Å². The van der Waals surface area contributed by atoms with E-state index in [-0.39, 0.29) is 11.6 Å². The second kappa shape index (κ2) is 6.14. The van der Waals surface area contributed by atoms with Crippen LogP contribution in [0, 0.1) is 9.39 Å². The van der Waals surface area contributed by atoms with Crippen LogP contribution >= 0.6 is 22.6 Å². The number of halogens is 2. The molecule has 0 N–H and O–H groups in total. The van der Waals surface area contributed by atoms with E-state index in [9.17, 15) is 9.18 Å². The molecule has 0 aliphatic rings. The van der Waals surface area contributed by atoms with Gasteiger partial charge in [-0.05, 0) is 78.0 Å². The summed E-state index contributed by atoms with van der Waals surface area (Å²) in [6, 6.07) is 12.9. The lowest BCUT2D eigenvalue weighted by molar-refractivity contribution is 0.0818. The van der Waals surface area contributed by atoms with E-state index in [1.165, 1.54) is 24.3 Å². The molecule has 0 aliphatic heterocycles. The maximum absolute atomic E-state index is 12.8. The van der Waals surface area contributed by atoms with Gasteiger partial charge < -0.3 is 4.74 Å². The Kier molecular flexibility index (Phi) is 4.52. The number of carbonyl (C=O) groups excluding carboxylic acids is 1. The van der Waals surface area contributed by atoms with Crippen molar-refractivity contribution in [3.8, 4) is 5.75 Å². The zero-order valence-electron chi connectivity index (χ0n) is 10.3. The van der Waals surface area contributed by atoms with Crippen LogP contribution < -0.4 is 4.74 Å². The molecule has 2 aromatic rings. The molecule has 0 saturated heterocycles. The van der Waals surface area contributed by atoms with Crippen molar-refractivity contribution in [2.45, 2.75) is 13.0 Å². The van der Waals surface area contributed by atoms with E-state index in [1.54, 1.807) is 6.92 Å². The van der Waals surface area contributed by atoms with Crippen LogP contribution in [0.4, 0.5) is 4.39 Å². The summed E-state index contributed by atoms with van der Waals surface area (Å²) >= 11 is 2.20. The van der Waals surface area contributed by atoms with Crippen molar-refractivity contribution in [2.24, 2.45) is 0 Å². The van der Waals surface area contributed by atoms with Crippen LogP contribution in [0.15, 0.2) is 48.5 Å². The standard InChI is InChI=1S/C15H12FIO2/c1-10(19-14-8-6-13(17)7-9-14)15(18)11-2-4-12(16)5-3-11/h2-10H,1H3. The molecular formula is C15H12FIO2. The van der Waals surface area contributed by atoms with Crippen LogP contribution in [0.1, 0.15) is 17.3 Å². The molecule has 2 aromatic carbocycles. The minimum atomic E-state index is -0.606. The molecule has 4 heteroatoms. The van der Waals surface area contributed by atoms with Gasteiger partial charge in [-0.1, -0.05) is 0 Å². The predicted molar refractivity (Wildman–Crippen MR) is 80.0 cm³/mol. The van der Waals surface area contributed by atoms with Gasteiger partial charge in [-0.3, -0.25) is 4.79 Å². The van der Waals surface area contributed by atoms with Gasteiger partial charge in [0.05, 0.1) is 0 Å². The van der Waals surface area contributed by atoms with Gasteiger partial charge in [0.25, 0.3) is 0 Å². The molecule has 1 atom stereocenters. The first-order valence-electron chi connectivity index (χ1n) is 5.78. The highest BCUT2D eigenvalue weighted by atomic mass is 127. The highest BCUT2D eigenvalue weighted by Crippen LogP contribution is 2.16. The second-order valence-electron chi connectivity index (χ2n) is 4.09. The van der Waals surface area contributed by atoms with Crippen molar-refractivity contribution in [2.75, 3.05) is 0 Å². The molecule has 0 amide bonds. The first-order valence-corrected chi connectivity index (χ1v) is 6.86. The number of carbonyl (C=O) groups is 1. The number of Topliss-reactive ketones (excluding diaryl/α,β-unsaturated/α-hetero) is 1. The second-order valence-corrected chi connectivity index (χ2v) is 5.33. The molecule has 0 aliphatic carbocycles. The molecule has 0 aromatic heterocycles. The maximum Gasteiger partial charge on any atom is 0.202 e. The van der Waals surface area contributed by atoms with Crippen molar-refractivity contribution in [3.05, 3.63) is 63.5 Å². The van der Waals surface area contributed by atoms with E-state index < -0.39 is 6.10 Å². The minimum Gasteiger partial charge on any atom is -0.483 e. The van der Waals surface area contributed by atoms with Crippen molar-refractivity contribution in [1.29, 1.82) is 0 Å². The maximum atomic E-state index is 12.8. The van der Waals surface area contributed by atoms with Crippen LogP contribution in [0.2, 0.25) is 0 Å². The lowest BCUT2D eigenvalue weighted by atomic mass is 10.1. The third-order valence-corrected chi connectivity index (χ3v) is 3.34. The van der Waals surface area contributed by atoms with Crippen LogP contribution in [0.25, 0.3) is 0 Å². The number of rotatable bonds is 4. The van der Waals surface area contributed by atoms with E-state index in [0.29, 0.717) is 11.3 Å². The molecule has 1 unspecified atom stereocenters. The fourth-order valence-electron chi connectivity index (χ4n) is 1.62. The lowest BCUT2D eigenvalue weighted by Crippen LogP contribution is -2.23. The van der Waals surface area contributed by atoms with Gasteiger partial charge >= 0.3 is 0 Å². The van der Waals surface area contributed by atoms with Gasteiger partial charge in [0, 0.05) is 9.13 Å². The molecule has 0 saturated carbocycles. The third-order valence-electron chi connectivity index (χ3n) is 2.62. The fourth-order valence-corrected chi connectivity index (χ4v) is 1.98. The highest BCUT2D eigenvalue weighted by molar-refractivity contribution is 14.1. The number of benzene rings is 2. The zero-order valence-corrected chi connectivity index (χ0v) is 12.4. The van der Waals surface area contributed by atoms with Crippen LogP contribution in [-0.4, -0.2) is 11.9 Å².